The Kier molecular flexibility index (Phi) is 5.39. The van der Waals surface area contributed by atoms with E-state index in [2.05, 4.69) is 10.3 Å². The van der Waals surface area contributed by atoms with Crippen LogP contribution >= 0.6 is 34.5 Å². The largest absolute Gasteiger partial charge is 0.320 e. The van der Waals surface area contributed by atoms with Crippen LogP contribution in [0.3, 0.4) is 0 Å². The molecule has 128 valence electrons. The molecule has 4 nitrogen and oxygen atoms in total. The number of thiophene rings is 1. The second-order valence-corrected chi connectivity index (χ2v) is 7.36. The van der Waals surface area contributed by atoms with E-state index in [-0.39, 0.29) is 5.91 Å². The molecule has 1 amide bonds. The number of rotatable bonds is 4. The van der Waals surface area contributed by atoms with Crippen LogP contribution < -0.4 is 11.1 Å². The maximum absolute atomic E-state index is 11.9. The molecule has 2 aromatic heterocycles. The van der Waals surface area contributed by atoms with E-state index in [9.17, 15) is 4.79 Å². The first-order chi connectivity index (χ1) is 12.0. The van der Waals surface area contributed by atoms with Gasteiger partial charge in [-0.3, -0.25) is 9.78 Å². The highest BCUT2D eigenvalue weighted by atomic mass is 35.5. The normalized spacial score (nSPS) is 12.0. The molecule has 0 radical (unpaired) electrons. The van der Waals surface area contributed by atoms with Crippen LogP contribution in [0.25, 0.3) is 21.6 Å². The first-order valence-electron chi connectivity index (χ1n) is 7.52. The van der Waals surface area contributed by atoms with E-state index >= 15 is 0 Å². The lowest BCUT2D eigenvalue weighted by molar-refractivity contribution is -0.117. The number of hydrogen-bond donors (Lipinski definition) is 2. The molecule has 0 aliphatic rings. The number of carbonyl (C=O) groups is 1. The molecule has 0 saturated carbocycles. The molecule has 1 atom stereocenters. The van der Waals surface area contributed by atoms with E-state index in [4.69, 9.17) is 28.9 Å². The summed E-state index contributed by atoms with van der Waals surface area (Å²) >= 11 is 13.7. The first kappa shape index (κ1) is 17.9. The van der Waals surface area contributed by atoms with Crippen molar-refractivity contribution in [2.24, 2.45) is 5.73 Å². The maximum Gasteiger partial charge on any atom is 0.241 e. The molecule has 0 bridgehead atoms. The highest BCUT2D eigenvalue weighted by molar-refractivity contribution is 7.20. The summed E-state index contributed by atoms with van der Waals surface area (Å²) in [6, 6.07) is 10.6. The Morgan fingerprint density at radius 2 is 1.84 bits per heavy atom. The maximum atomic E-state index is 11.9. The minimum absolute atomic E-state index is 0.233. The number of amides is 1. The van der Waals surface area contributed by atoms with Crippen molar-refractivity contribution in [3.8, 4) is 21.6 Å². The van der Waals surface area contributed by atoms with Crippen LogP contribution in [0.4, 0.5) is 5.00 Å². The Balaban J connectivity index is 2.10. The van der Waals surface area contributed by atoms with Crippen LogP contribution in [0.1, 0.15) is 6.92 Å². The number of nitrogens with zero attached hydrogens (tertiary/aromatic N) is 1. The Bertz CT molecular complexity index is 910. The predicted molar refractivity (Wildman–Crippen MR) is 105 cm³/mol. The molecular formula is C18H15Cl2N3OS. The molecule has 2 heterocycles. The molecule has 0 aliphatic carbocycles. The zero-order valence-corrected chi connectivity index (χ0v) is 15.6. The molecular weight excluding hydrogens is 377 g/mol. The van der Waals surface area contributed by atoms with E-state index in [0.717, 1.165) is 26.6 Å². The summed E-state index contributed by atoms with van der Waals surface area (Å²) in [7, 11) is 0. The van der Waals surface area contributed by atoms with Crippen LogP contribution in [-0.4, -0.2) is 16.9 Å². The van der Waals surface area contributed by atoms with Gasteiger partial charge in [-0.25, -0.2) is 0 Å². The third-order valence-corrected chi connectivity index (χ3v) is 5.40. The Labute approximate surface area is 159 Å². The van der Waals surface area contributed by atoms with Crippen LogP contribution in [-0.2, 0) is 4.79 Å². The van der Waals surface area contributed by atoms with Crippen LogP contribution in [0, 0.1) is 0 Å². The van der Waals surface area contributed by atoms with Gasteiger partial charge in [-0.1, -0.05) is 29.3 Å². The summed E-state index contributed by atoms with van der Waals surface area (Å²) < 4.78 is 0. The zero-order chi connectivity index (χ0) is 18.0. The monoisotopic (exact) mass is 391 g/mol. The van der Waals surface area contributed by atoms with Crippen LogP contribution in [0.5, 0.6) is 0 Å². The number of anilines is 1. The molecule has 3 rings (SSSR count). The topological polar surface area (TPSA) is 68.0 Å². The average molecular weight is 392 g/mol. The van der Waals surface area contributed by atoms with Gasteiger partial charge in [0.1, 0.15) is 0 Å². The van der Waals surface area contributed by atoms with Crippen molar-refractivity contribution in [2.75, 3.05) is 5.32 Å². The Morgan fingerprint density at radius 1 is 1.12 bits per heavy atom. The van der Waals surface area contributed by atoms with Crippen LogP contribution in [0.15, 0.2) is 48.8 Å². The van der Waals surface area contributed by atoms with E-state index in [1.807, 2.05) is 30.3 Å². The van der Waals surface area contributed by atoms with Gasteiger partial charge in [-0.05, 0) is 48.4 Å². The molecule has 0 spiro atoms. The van der Waals surface area contributed by atoms with Crippen molar-refractivity contribution < 1.29 is 4.79 Å². The number of hydrogen-bond acceptors (Lipinski definition) is 4. The summed E-state index contributed by atoms with van der Waals surface area (Å²) in [6.45, 7) is 1.65. The lowest BCUT2D eigenvalue weighted by atomic mass is 10.0. The van der Waals surface area contributed by atoms with Crippen molar-refractivity contribution in [3.05, 3.63) is 58.8 Å². The van der Waals surface area contributed by atoms with Gasteiger partial charge in [0.15, 0.2) is 0 Å². The number of halogens is 2. The Hall–Kier alpha value is -1.92. The van der Waals surface area contributed by atoms with Gasteiger partial charge in [0.2, 0.25) is 5.91 Å². The van der Waals surface area contributed by atoms with Gasteiger partial charge in [0.05, 0.1) is 21.1 Å². The highest BCUT2D eigenvalue weighted by Gasteiger charge is 2.16. The molecule has 3 N–H and O–H groups in total. The first-order valence-corrected chi connectivity index (χ1v) is 9.09. The second kappa shape index (κ2) is 7.54. The quantitative estimate of drug-likeness (QED) is 0.652. The van der Waals surface area contributed by atoms with E-state index in [1.165, 1.54) is 11.3 Å². The number of aromatic nitrogens is 1. The second-order valence-electron chi connectivity index (χ2n) is 5.50. The van der Waals surface area contributed by atoms with Gasteiger partial charge in [0, 0.05) is 22.8 Å². The highest BCUT2D eigenvalue weighted by Crippen LogP contribution is 2.42. The van der Waals surface area contributed by atoms with E-state index < -0.39 is 6.04 Å². The van der Waals surface area contributed by atoms with Gasteiger partial charge < -0.3 is 11.1 Å². The molecule has 0 unspecified atom stereocenters. The summed E-state index contributed by atoms with van der Waals surface area (Å²) in [5, 5.41) is 4.54. The predicted octanol–water partition coefficient (Wildman–Crippen LogP) is 5.07. The molecule has 0 aliphatic heterocycles. The summed E-state index contributed by atoms with van der Waals surface area (Å²) in [4.78, 5) is 17.0. The fourth-order valence-corrected chi connectivity index (χ4v) is 3.67. The average Bonchev–Trinajstić information content (AvgIpc) is 3.02. The fourth-order valence-electron chi connectivity index (χ4n) is 2.28. The summed E-state index contributed by atoms with van der Waals surface area (Å²) in [5.74, 6) is -0.233. The van der Waals surface area contributed by atoms with Gasteiger partial charge in [0.25, 0.3) is 0 Å². The molecule has 25 heavy (non-hydrogen) atoms. The molecule has 7 heteroatoms. The SMILES string of the molecule is C[C@H](N)C(=O)Nc1cc(-c2ccc(Cl)c(Cl)c2)c(-c2ccncc2)s1. The van der Waals surface area contributed by atoms with E-state index in [1.54, 1.807) is 25.4 Å². The molecule has 0 saturated heterocycles. The number of benzene rings is 1. The third kappa shape index (κ3) is 4.02. The van der Waals surface area contributed by atoms with Crippen molar-refractivity contribution in [1.29, 1.82) is 0 Å². The summed E-state index contributed by atoms with van der Waals surface area (Å²) in [5.41, 5.74) is 8.51. The lowest BCUT2D eigenvalue weighted by Gasteiger charge is -2.05. The smallest absolute Gasteiger partial charge is 0.241 e. The lowest BCUT2D eigenvalue weighted by Crippen LogP contribution is -2.32. The minimum atomic E-state index is -0.583. The number of pyridine rings is 1. The number of carbonyl (C=O) groups excluding carboxylic acids is 1. The van der Waals surface area contributed by atoms with Crippen molar-refractivity contribution in [1.82, 2.24) is 4.98 Å². The van der Waals surface area contributed by atoms with Crippen LogP contribution in [0.2, 0.25) is 10.0 Å². The number of nitrogens with one attached hydrogen (secondary N) is 1. The standard InChI is InChI=1S/C18H15Cl2N3OS/c1-10(21)18(24)23-16-9-13(12-2-3-14(19)15(20)8-12)17(25-16)11-4-6-22-7-5-11/h2-10H,21H2,1H3,(H,23,24)/t10-/m0/s1. The minimum Gasteiger partial charge on any atom is -0.320 e. The molecule has 0 fully saturated rings. The summed E-state index contributed by atoms with van der Waals surface area (Å²) in [6.07, 6.45) is 3.46. The van der Waals surface area contributed by atoms with Crippen molar-refractivity contribution in [2.45, 2.75) is 13.0 Å². The molecule has 1 aromatic carbocycles. The van der Waals surface area contributed by atoms with Crippen molar-refractivity contribution in [3.63, 3.8) is 0 Å². The van der Waals surface area contributed by atoms with E-state index in [0.29, 0.717) is 10.0 Å². The fraction of sp³-hybridized carbons (Fsp3) is 0.111. The number of nitrogens with two attached hydrogens (primary N) is 1. The molecule has 3 aromatic rings. The van der Waals surface area contributed by atoms with Gasteiger partial charge in [-0.15, -0.1) is 11.3 Å². The Morgan fingerprint density at radius 3 is 2.48 bits per heavy atom. The van der Waals surface area contributed by atoms with Crippen molar-refractivity contribution >= 4 is 45.4 Å². The third-order valence-electron chi connectivity index (χ3n) is 3.57. The zero-order valence-electron chi connectivity index (χ0n) is 13.3. The van der Waals surface area contributed by atoms with Gasteiger partial charge in [-0.2, -0.15) is 0 Å². The van der Waals surface area contributed by atoms with Gasteiger partial charge >= 0.3 is 0 Å².